The quantitative estimate of drug-likeness (QED) is 0.428. The third-order valence-corrected chi connectivity index (χ3v) is 4.76. The van der Waals surface area contributed by atoms with Gasteiger partial charge in [0.25, 0.3) is 0 Å². The topological polar surface area (TPSA) is 72.3 Å². The van der Waals surface area contributed by atoms with E-state index in [0.717, 1.165) is 33.9 Å². The van der Waals surface area contributed by atoms with Gasteiger partial charge in [-0.3, -0.25) is 4.57 Å². The van der Waals surface area contributed by atoms with Gasteiger partial charge in [-0.25, -0.2) is 4.98 Å². The van der Waals surface area contributed by atoms with Crippen molar-refractivity contribution >= 4 is 11.6 Å². The Labute approximate surface area is 153 Å². The molecule has 6 nitrogen and oxygen atoms in total. The van der Waals surface area contributed by atoms with Crippen molar-refractivity contribution in [2.75, 3.05) is 0 Å². The van der Waals surface area contributed by atoms with Crippen LogP contribution in [0.2, 0.25) is 5.15 Å². The fraction of sp³-hybridized carbons (Fsp3) is 0.0526. The minimum atomic E-state index is 0.460. The number of nitriles is 1. The van der Waals surface area contributed by atoms with Crippen molar-refractivity contribution in [3.63, 3.8) is 0 Å². The standard InChI is InChI=1S/C19H11ClN6/c20-18-6-15-10-25-9-14(13-3-1-12(7-21)2-4-13)5-16(25)19-24-23-11-26(19)17(15)8-22-18/h1-6,8-9,11H,10H2. The van der Waals surface area contributed by atoms with E-state index >= 15 is 0 Å². The van der Waals surface area contributed by atoms with Crippen LogP contribution in [0, 0.1) is 11.3 Å². The first-order chi connectivity index (χ1) is 12.7. The molecule has 0 aliphatic carbocycles. The van der Waals surface area contributed by atoms with Gasteiger partial charge in [0.2, 0.25) is 0 Å². The van der Waals surface area contributed by atoms with Gasteiger partial charge in [0, 0.05) is 23.9 Å². The summed E-state index contributed by atoms with van der Waals surface area (Å²) in [6.07, 6.45) is 5.52. The Morgan fingerprint density at radius 3 is 2.77 bits per heavy atom. The minimum absolute atomic E-state index is 0.460. The lowest BCUT2D eigenvalue weighted by molar-refractivity contribution is 0.815. The Morgan fingerprint density at radius 1 is 1.12 bits per heavy atom. The lowest BCUT2D eigenvalue weighted by Crippen LogP contribution is -2.00. The fourth-order valence-electron chi connectivity index (χ4n) is 3.30. The summed E-state index contributed by atoms with van der Waals surface area (Å²) in [5.41, 5.74) is 5.69. The molecule has 5 rings (SSSR count). The van der Waals surface area contributed by atoms with Gasteiger partial charge in [-0.1, -0.05) is 23.7 Å². The number of fused-ring (bicyclic) bond motifs is 5. The van der Waals surface area contributed by atoms with Crippen LogP contribution in [-0.4, -0.2) is 24.3 Å². The lowest BCUT2D eigenvalue weighted by Gasteiger charge is -2.08. The van der Waals surface area contributed by atoms with Crippen molar-refractivity contribution in [2.24, 2.45) is 0 Å². The molecular weight excluding hydrogens is 348 g/mol. The van der Waals surface area contributed by atoms with Gasteiger partial charge in [0.05, 0.1) is 29.2 Å². The zero-order valence-electron chi connectivity index (χ0n) is 13.5. The van der Waals surface area contributed by atoms with Gasteiger partial charge in [-0.05, 0) is 29.8 Å². The molecule has 1 aliphatic rings. The maximum atomic E-state index is 8.98. The number of rotatable bonds is 1. The van der Waals surface area contributed by atoms with Crippen molar-refractivity contribution < 1.29 is 0 Å². The molecule has 0 fully saturated rings. The Balaban J connectivity index is 1.68. The van der Waals surface area contributed by atoms with Crippen molar-refractivity contribution in [3.8, 4) is 34.4 Å². The van der Waals surface area contributed by atoms with E-state index in [-0.39, 0.29) is 0 Å². The molecule has 1 aliphatic heterocycles. The molecule has 7 heteroatoms. The second kappa shape index (κ2) is 5.55. The number of hydrogen-bond donors (Lipinski definition) is 0. The molecule has 0 amide bonds. The molecule has 0 spiro atoms. The molecule has 0 bridgehead atoms. The summed E-state index contributed by atoms with van der Waals surface area (Å²) in [5, 5.41) is 17.8. The number of aromatic nitrogens is 5. The maximum absolute atomic E-state index is 8.98. The summed E-state index contributed by atoms with van der Waals surface area (Å²) in [7, 11) is 0. The Kier molecular flexibility index (Phi) is 3.17. The summed E-state index contributed by atoms with van der Waals surface area (Å²) < 4.78 is 4.07. The van der Waals surface area contributed by atoms with Crippen molar-refractivity contribution in [3.05, 3.63) is 71.4 Å². The van der Waals surface area contributed by atoms with Crippen LogP contribution in [0.1, 0.15) is 11.1 Å². The molecule has 4 aromatic rings. The first-order valence-corrected chi connectivity index (χ1v) is 8.36. The van der Waals surface area contributed by atoms with Crippen LogP contribution >= 0.6 is 11.6 Å². The van der Waals surface area contributed by atoms with Gasteiger partial charge in [-0.15, -0.1) is 10.2 Å². The first-order valence-electron chi connectivity index (χ1n) is 7.99. The zero-order valence-corrected chi connectivity index (χ0v) is 14.2. The van der Waals surface area contributed by atoms with Crippen LogP contribution in [-0.2, 0) is 6.54 Å². The Hall–Kier alpha value is -3.43. The Bertz CT molecular complexity index is 1180. The van der Waals surface area contributed by atoms with Gasteiger partial charge >= 0.3 is 0 Å². The molecule has 0 saturated carbocycles. The number of nitrogens with zero attached hydrogens (tertiary/aromatic N) is 6. The third-order valence-electron chi connectivity index (χ3n) is 4.55. The highest BCUT2D eigenvalue weighted by atomic mass is 35.5. The highest BCUT2D eigenvalue weighted by molar-refractivity contribution is 6.29. The molecule has 1 aromatic carbocycles. The SMILES string of the molecule is N#Cc1ccc(-c2cc3n(c2)Cc2cc(Cl)ncc2-n2cnnc2-3)cc1. The van der Waals surface area contributed by atoms with E-state index < -0.39 is 0 Å². The predicted molar refractivity (Wildman–Crippen MR) is 96.8 cm³/mol. The first kappa shape index (κ1) is 14.9. The molecule has 0 saturated heterocycles. The summed E-state index contributed by atoms with van der Waals surface area (Å²) in [6, 6.07) is 13.6. The normalized spacial score (nSPS) is 11.8. The van der Waals surface area contributed by atoms with E-state index in [1.54, 1.807) is 12.5 Å². The monoisotopic (exact) mass is 358 g/mol. The second-order valence-corrected chi connectivity index (χ2v) is 6.48. The van der Waals surface area contributed by atoms with Gasteiger partial charge in [0.1, 0.15) is 11.5 Å². The average Bonchev–Trinajstić information content (AvgIpc) is 3.27. The molecule has 0 N–H and O–H groups in total. The predicted octanol–water partition coefficient (Wildman–Crippen LogP) is 3.68. The van der Waals surface area contributed by atoms with E-state index in [4.69, 9.17) is 16.9 Å². The van der Waals surface area contributed by atoms with Crippen molar-refractivity contribution in [2.45, 2.75) is 6.54 Å². The third kappa shape index (κ3) is 2.22. The maximum Gasteiger partial charge on any atom is 0.185 e. The number of halogens is 1. The van der Waals surface area contributed by atoms with Gasteiger partial charge in [-0.2, -0.15) is 5.26 Å². The molecular formula is C19H11ClN6. The molecule has 0 atom stereocenters. The Morgan fingerprint density at radius 2 is 1.96 bits per heavy atom. The van der Waals surface area contributed by atoms with Crippen molar-refractivity contribution in [1.29, 1.82) is 5.26 Å². The molecule has 124 valence electrons. The van der Waals surface area contributed by atoms with E-state index in [0.29, 0.717) is 17.3 Å². The van der Waals surface area contributed by atoms with Crippen LogP contribution in [0.15, 0.2) is 55.1 Å². The number of pyridine rings is 1. The van der Waals surface area contributed by atoms with Crippen LogP contribution in [0.3, 0.4) is 0 Å². The minimum Gasteiger partial charge on any atom is -0.340 e. The molecule has 3 aromatic heterocycles. The lowest BCUT2D eigenvalue weighted by atomic mass is 10.1. The van der Waals surface area contributed by atoms with Gasteiger partial charge < -0.3 is 4.57 Å². The molecule has 26 heavy (non-hydrogen) atoms. The van der Waals surface area contributed by atoms with Crippen molar-refractivity contribution in [1.82, 2.24) is 24.3 Å². The van der Waals surface area contributed by atoms with Gasteiger partial charge in [0.15, 0.2) is 5.82 Å². The van der Waals surface area contributed by atoms with Crippen LogP contribution in [0.4, 0.5) is 0 Å². The second-order valence-electron chi connectivity index (χ2n) is 6.09. The van der Waals surface area contributed by atoms with Crippen LogP contribution < -0.4 is 0 Å². The zero-order chi connectivity index (χ0) is 17.7. The summed E-state index contributed by atoms with van der Waals surface area (Å²) in [6.45, 7) is 0.659. The van der Waals surface area contributed by atoms with E-state index in [1.165, 1.54) is 0 Å². The van der Waals surface area contributed by atoms with E-state index in [2.05, 4.69) is 38.1 Å². The van der Waals surface area contributed by atoms with Crippen LogP contribution in [0.25, 0.3) is 28.3 Å². The summed E-state index contributed by atoms with van der Waals surface area (Å²) in [4.78, 5) is 4.19. The summed E-state index contributed by atoms with van der Waals surface area (Å²) >= 11 is 6.10. The van der Waals surface area contributed by atoms with E-state index in [1.807, 2.05) is 34.9 Å². The van der Waals surface area contributed by atoms with Crippen LogP contribution in [0.5, 0.6) is 0 Å². The number of benzene rings is 1. The smallest absolute Gasteiger partial charge is 0.185 e. The summed E-state index contributed by atoms with van der Waals surface area (Å²) in [5.74, 6) is 0.757. The van der Waals surface area contributed by atoms with E-state index in [9.17, 15) is 0 Å². The number of hydrogen-bond acceptors (Lipinski definition) is 4. The highest BCUT2D eigenvalue weighted by Crippen LogP contribution is 2.33. The highest BCUT2D eigenvalue weighted by Gasteiger charge is 2.22. The molecule has 4 heterocycles. The molecule has 0 radical (unpaired) electrons. The average molecular weight is 359 g/mol. The largest absolute Gasteiger partial charge is 0.340 e. The molecule has 0 unspecified atom stereocenters. The fourth-order valence-corrected chi connectivity index (χ4v) is 3.48.